The number of rotatable bonds is 7. The van der Waals surface area contributed by atoms with E-state index in [2.05, 4.69) is 10.0 Å². The van der Waals surface area contributed by atoms with Gasteiger partial charge in [-0.2, -0.15) is 0 Å². The molecule has 0 unspecified atom stereocenters. The van der Waals surface area contributed by atoms with E-state index in [1.807, 2.05) is 19.1 Å². The van der Waals surface area contributed by atoms with Gasteiger partial charge >= 0.3 is 0 Å². The summed E-state index contributed by atoms with van der Waals surface area (Å²) in [6.07, 6.45) is 4.55. The molecule has 0 aliphatic heterocycles. The van der Waals surface area contributed by atoms with Crippen molar-refractivity contribution in [3.8, 4) is 0 Å². The number of nitrogens with one attached hydrogen (secondary N) is 2. The summed E-state index contributed by atoms with van der Waals surface area (Å²) < 4.78 is 25.9. The molecule has 0 saturated carbocycles. The zero-order valence-corrected chi connectivity index (χ0v) is 11.6. The van der Waals surface area contributed by atoms with Crippen molar-refractivity contribution in [1.82, 2.24) is 10.0 Å². The van der Waals surface area contributed by atoms with Crippen LogP contribution in [0, 0.1) is 0 Å². The fourth-order valence-corrected chi connectivity index (χ4v) is 2.37. The lowest BCUT2D eigenvalue weighted by Gasteiger charge is -2.07. The molecule has 1 rings (SSSR count). The average molecular weight is 282 g/mol. The molecule has 2 N–H and O–H groups in total. The highest BCUT2D eigenvalue weighted by Crippen LogP contribution is 2.06. The molecule has 6 heteroatoms. The minimum absolute atomic E-state index is 0.150. The quantitative estimate of drug-likeness (QED) is 0.580. The first-order valence-corrected chi connectivity index (χ1v) is 7.47. The SMILES string of the molecule is C/C=C/CCNC(=O)CNS(=O)(=O)c1ccccc1. The van der Waals surface area contributed by atoms with Gasteiger partial charge in [-0.25, -0.2) is 13.1 Å². The van der Waals surface area contributed by atoms with Crippen LogP contribution in [0.4, 0.5) is 0 Å². The van der Waals surface area contributed by atoms with E-state index in [9.17, 15) is 13.2 Å². The molecule has 104 valence electrons. The van der Waals surface area contributed by atoms with Gasteiger partial charge in [0.1, 0.15) is 0 Å². The second-order valence-corrected chi connectivity index (χ2v) is 5.61. The average Bonchev–Trinajstić information content (AvgIpc) is 2.42. The van der Waals surface area contributed by atoms with Crippen LogP contribution in [0.5, 0.6) is 0 Å². The Morgan fingerprint density at radius 1 is 1.26 bits per heavy atom. The highest BCUT2D eigenvalue weighted by molar-refractivity contribution is 7.89. The summed E-state index contributed by atoms with van der Waals surface area (Å²) in [5, 5.41) is 2.62. The standard InChI is InChI=1S/C13H18N2O3S/c1-2-3-7-10-14-13(16)11-15-19(17,18)12-8-5-4-6-9-12/h2-6,8-9,15H,7,10-11H2,1H3,(H,14,16)/b3-2+. The molecule has 5 nitrogen and oxygen atoms in total. The van der Waals surface area contributed by atoms with Crippen molar-refractivity contribution in [3.63, 3.8) is 0 Å². The Hall–Kier alpha value is -1.66. The molecule has 0 radical (unpaired) electrons. The Balaban J connectivity index is 2.42. The minimum Gasteiger partial charge on any atom is -0.355 e. The molecule has 0 atom stereocenters. The van der Waals surface area contributed by atoms with Gasteiger partial charge in [-0.3, -0.25) is 4.79 Å². The monoisotopic (exact) mass is 282 g/mol. The van der Waals surface area contributed by atoms with Crippen LogP contribution in [0.2, 0.25) is 0 Å². The van der Waals surface area contributed by atoms with E-state index in [0.29, 0.717) is 6.54 Å². The number of sulfonamides is 1. The molecule has 0 bridgehead atoms. The van der Waals surface area contributed by atoms with Crippen LogP contribution in [-0.4, -0.2) is 27.4 Å². The van der Waals surface area contributed by atoms with Gasteiger partial charge in [0.15, 0.2) is 0 Å². The molecule has 19 heavy (non-hydrogen) atoms. The lowest BCUT2D eigenvalue weighted by atomic mass is 10.4. The molecule has 0 heterocycles. The molecule has 1 aromatic rings. The van der Waals surface area contributed by atoms with E-state index in [0.717, 1.165) is 6.42 Å². The van der Waals surface area contributed by atoms with Crippen molar-refractivity contribution in [1.29, 1.82) is 0 Å². The summed E-state index contributed by atoms with van der Waals surface area (Å²) in [7, 11) is -3.62. The van der Waals surface area contributed by atoms with Crippen LogP contribution in [0.3, 0.4) is 0 Å². The molecular weight excluding hydrogens is 264 g/mol. The van der Waals surface area contributed by atoms with Crippen LogP contribution >= 0.6 is 0 Å². The molecule has 1 aromatic carbocycles. The molecule has 0 fully saturated rings. The van der Waals surface area contributed by atoms with Crippen molar-refractivity contribution in [2.75, 3.05) is 13.1 Å². The van der Waals surface area contributed by atoms with E-state index in [-0.39, 0.29) is 17.3 Å². The van der Waals surface area contributed by atoms with Gasteiger partial charge in [0, 0.05) is 6.54 Å². The second kappa shape index (κ2) is 7.70. The van der Waals surface area contributed by atoms with Crippen LogP contribution < -0.4 is 10.0 Å². The Kier molecular flexibility index (Phi) is 6.24. The summed E-state index contributed by atoms with van der Waals surface area (Å²) in [5.41, 5.74) is 0. The second-order valence-electron chi connectivity index (χ2n) is 3.85. The third kappa shape index (κ3) is 5.67. The molecule has 0 aromatic heterocycles. The predicted octanol–water partition coefficient (Wildman–Crippen LogP) is 1.05. The molecular formula is C13H18N2O3S. The first-order chi connectivity index (χ1) is 9.06. The fraction of sp³-hybridized carbons (Fsp3) is 0.308. The zero-order valence-electron chi connectivity index (χ0n) is 10.8. The van der Waals surface area contributed by atoms with Crippen LogP contribution in [0.25, 0.3) is 0 Å². The Morgan fingerprint density at radius 3 is 2.58 bits per heavy atom. The molecule has 0 aliphatic carbocycles. The van der Waals surface area contributed by atoms with Crippen molar-refractivity contribution >= 4 is 15.9 Å². The summed E-state index contributed by atoms with van der Waals surface area (Å²) in [5.74, 6) is -0.344. The number of carbonyl (C=O) groups is 1. The lowest BCUT2D eigenvalue weighted by Crippen LogP contribution is -2.37. The topological polar surface area (TPSA) is 75.3 Å². The van der Waals surface area contributed by atoms with E-state index >= 15 is 0 Å². The first kappa shape index (κ1) is 15.4. The number of hydrogen-bond acceptors (Lipinski definition) is 3. The summed E-state index contributed by atoms with van der Waals surface area (Å²) in [4.78, 5) is 11.6. The van der Waals surface area contributed by atoms with E-state index in [1.54, 1.807) is 18.2 Å². The summed E-state index contributed by atoms with van der Waals surface area (Å²) in [6.45, 7) is 2.14. The maximum atomic E-state index is 11.8. The summed E-state index contributed by atoms with van der Waals surface area (Å²) >= 11 is 0. The number of amides is 1. The highest BCUT2D eigenvalue weighted by atomic mass is 32.2. The van der Waals surface area contributed by atoms with E-state index < -0.39 is 10.0 Å². The molecule has 1 amide bonds. The largest absolute Gasteiger partial charge is 0.355 e. The number of benzene rings is 1. The smallest absolute Gasteiger partial charge is 0.241 e. The Morgan fingerprint density at radius 2 is 1.95 bits per heavy atom. The fourth-order valence-electron chi connectivity index (χ4n) is 1.37. The van der Waals surface area contributed by atoms with Gasteiger partial charge < -0.3 is 5.32 Å². The number of allylic oxidation sites excluding steroid dienone is 1. The minimum atomic E-state index is -3.62. The Labute approximate surface area is 113 Å². The van der Waals surface area contributed by atoms with Crippen LogP contribution in [0.1, 0.15) is 13.3 Å². The van der Waals surface area contributed by atoms with Crippen molar-refractivity contribution < 1.29 is 13.2 Å². The summed E-state index contributed by atoms with van der Waals surface area (Å²) in [6, 6.07) is 7.95. The highest BCUT2D eigenvalue weighted by Gasteiger charge is 2.14. The third-order valence-electron chi connectivity index (χ3n) is 2.35. The molecule has 0 aliphatic rings. The van der Waals surface area contributed by atoms with Gasteiger partial charge in [0.25, 0.3) is 0 Å². The lowest BCUT2D eigenvalue weighted by molar-refractivity contribution is -0.119. The van der Waals surface area contributed by atoms with Crippen molar-refractivity contribution in [2.24, 2.45) is 0 Å². The number of carbonyl (C=O) groups excluding carboxylic acids is 1. The zero-order chi connectivity index (χ0) is 14.1. The van der Waals surface area contributed by atoms with Crippen LogP contribution in [-0.2, 0) is 14.8 Å². The van der Waals surface area contributed by atoms with Crippen molar-refractivity contribution in [3.05, 3.63) is 42.5 Å². The maximum Gasteiger partial charge on any atom is 0.241 e. The molecule has 0 spiro atoms. The van der Waals surface area contributed by atoms with Gasteiger partial charge in [-0.15, -0.1) is 0 Å². The Bertz CT molecular complexity index is 524. The van der Waals surface area contributed by atoms with Crippen molar-refractivity contribution in [2.45, 2.75) is 18.2 Å². The predicted molar refractivity (Wildman–Crippen MR) is 74.1 cm³/mol. The van der Waals surface area contributed by atoms with Gasteiger partial charge in [0.05, 0.1) is 11.4 Å². The van der Waals surface area contributed by atoms with Gasteiger partial charge in [-0.05, 0) is 25.5 Å². The van der Waals surface area contributed by atoms with Gasteiger partial charge in [0.2, 0.25) is 15.9 Å². The maximum absolute atomic E-state index is 11.8. The van der Waals surface area contributed by atoms with E-state index in [4.69, 9.17) is 0 Å². The van der Waals surface area contributed by atoms with E-state index in [1.165, 1.54) is 12.1 Å². The molecule has 0 saturated heterocycles. The number of hydrogen-bond donors (Lipinski definition) is 2. The van der Waals surface area contributed by atoms with Gasteiger partial charge in [-0.1, -0.05) is 30.4 Å². The third-order valence-corrected chi connectivity index (χ3v) is 3.76. The first-order valence-electron chi connectivity index (χ1n) is 5.99. The van der Waals surface area contributed by atoms with Crippen LogP contribution in [0.15, 0.2) is 47.4 Å². The normalized spacial score (nSPS) is 11.6.